The van der Waals surface area contributed by atoms with E-state index in [1.54, 1.807) is 0 Å². The van der Waals surface area contributed by atoms with Gasteiger partial charge < -0.3 is 4.53 Å². The number of hydrogen-bond acceptors (Lipinski definition) is 3. The third-order valence-corrected chi connectivity index (χ3v) is 3.70. The molecular formula is C13H24N2OSi. The summed E-state index contributed by atoms with van der Waals surface area (Å²) in [6.07, 6.45) is 8.72. The summed E-state index contributed by atoms with van der Waals surface area (Å²) in [5.74, 6) is 0.756. The Morgan fingerprint density at radius 3 is 2.53 bits per heavy atom. The third-order valence-electron chi connectivity index (χ3n) is 3.04. The second kappa shape index (κ2) is 6.80. The minimum absolute atomic E-state index is 0.254. The highest BCUT2D eigenvalue weighted by Crippen LogP contribution is 2.25. The Morgan fingerprint density at radius 1 is 1.18 bits per heavy atom. The van der Waals surface area contributed by atoms with E-state index in [1.165, 1.54) is 19.3 Å². The molecular weight excluding hydrogens is 228 g/mol. The molecule has 0 aromatic rings. The number of rotatable bonds is 3. The van der Waals surface area contributed by atoms with Gasteiger partial charge >= 0.3 is 0 Å². The molecule has 4 heteroatoms. The summed E-state index contributed by atoms with van der Waals surface area (Å²) in [5, 5.41) is 13.1. The zero-order chi connectivity index (χ0) is 12.7. The molecule has 0 heterocycles. The smallest absolute Gasteiger partial charge is 0.278 e. The summed E-state index contributed by atoms with van der Waals surface area (Å²) in [6.45, 7) is 6.40. The quantitative estimate of drug-likeness (QED) is 0.434. The van der Waals surface area contributed by atoms with Gasteiger partial charge in [-0.15, -0.1) is 5.16 Å². The fourth-order valence-corrected chi connectivity index (χ4v) is 2.43. The molecule has 96 valence electrons. The van der Waals surface area contributed by atoms with E-state index in [0.29, 0.717) is 5.92 Å². The second-order valence-electron chi connectivity index (χ2n) is 5.91. The van der Waals surface area contributed by atoms with Gasteiger partial charge in [-0.3, -0.25) is 0 Å². The van der Waals surface area contributed by atoms with Gasteiger partial charge in [-0.1, -0.05) is 12.8 Å². The predicted molar refractivity (Wildman–Crippen MR) is 73.2 cm³/mol. The van der Waals surface area contributed by atoms with Crippen LogP contribution >= 0.6 is 0 Å². The fraction of sp³-hybridized carbons (Fsp3) is 0.846. The fourth-order valence-electron chi connectivity index (χ4n) is 2.05. The second-order valence-corrected chi connectivity index (χ2v) is 10.3. The molecule has 2 unspecified atom stereocenters. The van der Waals surface area contributed by atoms with Crippen LogP contribution in [0.5, 0.6) is 0 Å². The van der Waals surface area contributed by atoms with Crippen LogP contribution in [0.15, 0.2) is 5.16 Å². The average molecular weight is 252 g/mol. The average Bonchev–Trinajstić information content (AvgIpc) is 2.20. The minimum atomic E-state index is -1.53. The molecule has 1 fully saturated rings. The normalized spacial score (nSPS) is 27.2. The molecule has 0 spiro atoms. The van der Waals surface area contributed by atoms with Crippen molar-refractivity contribution in [1.29, 1.82) is 5.26 Å². The first kappa shape index (κ1) is 14.2. The number of hydrogen-bond donors (Lipinski definition) is 0. The highest BCUT2D eigenvalue weighted by atomic mass is 28.4. The van der Waals surface area contributed by atoms with Gasteiger partial charge in [-0.25, -0.2) is 0 Å². The van der Waals surface area contributed by atoms with Crippen molar-refractivity contribution >= 4 is 14.5 Å². The maximum atomic E-state index is 8.97. The van der Waals surface area contributed by atoms with Crippen molar-refractivity contribution in [2.75, 3.05) is 0 Å². The van der Waals surface area contributed by atoms with Crippen LogP contribution < -0.4 is 0 Å². The van der Waals surface area contributed by atoms with E-state index in [9.17, 15) is 0 Å². The molecule has 1 aliphatic rings. The van der Waals surface area contributed by atoms with Crippen LogP contribution in [0, 0.1) is 23.2 Å². The monoisotopic (exact) mass is 252 g/mol. The maximum absolute atomic E-state index is 8.97. The predicted octanol–water partition coefficient (Wildman–Crippen LogP) is 3.93. The zero-order valence-corrected chi connectivity index (χ0v) is 12.3. The Morgan fingerprint density at radius 2 is 1.88 bits per heavy atom. The molecule has 3 nitrogen and oxygen atoms in total. The Hall–Kier alpha value is -0.823. The molecule has 1 aliphatic carbocycles. The highest BCUT2D eigenvalue weighted by molar-refractivity contribution is 6.69. The van der Waals surface area contributed by atoms with Crippen molar-refractivity contribution in [3.05, 3.63) is 0 Å². The van der Waals surface area contributed by atoms with Crippen molar-refractivity contribution < 1.29 is 4.53 Å². The molecule has 0 saturated heterocycles. The standard InChI is InChI=1S/C13H24N2OSi/c1-17(2,3)16-15-11-13-7-5-4-6-12(10-14)8-9-13/h11-13H,4-9H2,1-3H3. The lowest BCUT2D eigenvalue weighted by Gasteiger charge is -2.19. The summed E-state index contributed by atoms with van der Waals surface area (Å²) in [4.78, 5) is 0. The lowest BCUT2D eigenvalue weighted by atomic mass is 9.87. The number of oxime groups is 1. The van der Waals surface area contributed by atoms with E-state index in [-0.39, 0.29) is 5.92 Å². The molecule has 0 N–H and O–H groups in total. The van der Waals surface area contributed by atoms with E-state index < -0.39 is 8.32 Å². The molecule has 0 aliphatic heterocycles. The van der Waals surface area contributed by atoms with Crippen LogP contribution in [0.3, 0.4) is 0 Å². The van der Waals surface area contributed by atoms with Crippen LogP contribution in [0.2, 0.25) is 19.6 Å². The number of nitrogens with zero attached hydrogens (tertiary/aromatic N) is 2. The summed E-state index contributed by atoms with van der Waals surface area (Å²) < 4.78 is 5.50. The Balaban J connectivity index is 2.39. The summed E-state index contributed by atoms with van der Waals surface area (Å²) in [7, 11) is -1.53. The highest BCUT2D eigenvalue weighted by Gasteiger charge is 2.18. The van der Waals surface area contributed by atoms with Gasteiger partial charge in [0.05, 0.1) is 6.07 Å². The van der Waals surface area contributed by atoms with E-state index >= 15 is 0 Å². The summed E-state index contributed by atoms with van der Waals surface area (Å²) >= 11 is 0. The van der Waals surface area contributed by atoms with Gasteiger partial charge in [0.15, 0.2) is 0 Å². The van der Waals surface area contributed by atoms with Crippen LogP contribution in [0.1, 0.15) is 38.5 Å². The molecule has 0 aromatic carbocycles. The van der Waals surface area contributed by atoms with Crippen molar-refractivity contribution in [1.82, 2.24) is 0 Å². The lowest BCUT2D eigenvalue weighted by molar-refractivity contribution is 0.329. The van der Waals surface area contributed by atoms with E-state index in [2.05, 4.69) is 30.9 Å². The number of nitriles is 1. The van der Waals surface area contributed by atoms with Gasteiger partial charge in [0.25, 0.3) is 8.32 Å². The van der Waals surface area contributed by atoms with Crippen LogP contribution in [0.4, 0.5) is 0 Å². The molecule has 17 heavy (non-hydrogen) atoms. The Bertz CT molecular complexity index is 291. The van der Waals surface area contributed by atoms with Crippen LogP contribution in [-0.2, 0) is 4.53 Å². The molecule has 0 amide bonds. The zero-order valence-electron chi connectivity index (χ0n) is 11.3. The summed E-state index contributed by atoms with van der Waals surface area (Å²) in [5.41, 5.74) is 0. The third kappa shape index (κ3) is 6.47. The molecule has 1 rings (SSSR count). The molecule has 0 radical (unpaired) electrons. The van der Waals surface area contributed by atoms with Gasteiger partial charge in [0.1, 0.15) is 0 Å². The van der Waals surface area contributed by atoms with E-state index in [4.69, 9.17) is 9.79 Å². The Kier molecular flexibility index (Phi) is 5.70. The summed E-state index contributed by atoms with van der Waals surface area (Å²) in [6, 6.07) is 2.40. The van der Waals surface area contributed by atoms with Crippen molar-refractivity contribution in [3.63, 3.8) is 0 Å². The van der Waals surface area contributed by atoms with E-state index in [1.807, 2.05) is 6.21 Å². The first-order valence-electron chi connectivity index (χ1n) is 6.62. The molecule has 1 saturated carbocycles. The topological polar surface area (TPSA) is 45.4 Å². The van der Waals surface area contributed by atoms with Gasteiger partial charge in [-0.2, -0.15) is 5.26 Å². The van der Waals surface area contributed by atoms with Gasteiger partial charge in [0.2, 0.25) is 0 Å². The molecule has 0 bridgehead atoms. The van der Waals surface area contributed by atoms with Crippen LogP contribution in [-0.4, -0.2) is 14.5 Å². The lowest BCUT2D eigenvalue weighted by Crippen LogP contribution is -2.22. The van der Waals surface area contributed by atoms with Crippen molar-refractivity contribution in [2.45, 2.75) is 58.2 Å². The first-order chi connectivity index (χ1) is 8.01. The molecule has 2 atom stereocenters. The van der Waals surface area contributed by atoms with Gasteiger partial charge in [0, 0.05) is 12.1 Å². The largest absolute Gasteiger partial charge is 0.456 e. The van der Waals surface area contributed by atoms with E-state index in [0.717, 1.165) is 19.3 Å². The Labute approximate surface area is 106 Å². The first-order valence-corrected chi connectivity index (χ1v) is 10.0. The maximum Gasteiger partial charge on any atom is 0.278 e. The van der Waals surface area contributed by atoms with Crippen molar-refractivity contribution in [3.8, 4) is 6.07 Å². The van der Waals surface area contributed by atoms with Gasteiger partial charge in [-0.05, 0) is 51.2 Å². The molecule has 0 aromatic heterocycles. The van der Waals surface area contributed by atoms with Crippen LogP contribution in [0.25, 0.3) is 0 Å². The minimum Gasteiger partial charge on any atom is -0.456 e. The van der Waals surface area contributed by atoms with Crippen molar-refractivity contribution in [2.24, 2.45) is 17.0 Å². The SMILES string of the molecule is C[Si](C)(C)ON=CC1CCCCC(C#N)CC1.